The molecule has 1 aliphatic rings. The molecule has 1 saturated carbocycles. The standard InChI is InChI=1S/C16H21N3O2S/c1-11-5-4-8-13(9-11)15(21)18-19-16(22)17-14(20)10-12-6-2-3-7-12/h4-5,8-9,12H,2-3,6-7,10H2,1H3,(H,18,21)(H2,17,19,20,22). The number of nitrogens with one attached hydrogen (secondary N) is 3. The lowest BCUT2D eigenvalue weighted by Crippen LogP contribution is -2.48. The molecule has 0 aliphatic heterocycles. The summed E-state index contributed by atoms with van der Waals surface area (Å²) in [6, 6.07) is 7.22. The average molecular weight is 319 g/mol. The van der Waals surface area contributed by atoms with Gasteiger partial charge in [0.1, 0.15) is 0 Å². The molecule has 0 unspecified atom stereocenters. The van der Waals surface area contributed by atoms with Crippen LogP contribution in [0.4, 0.5) is 0 Å². The van der Waals surface area contributed by atoms with E-state index in [9.17, 15) is 9.59 Å². The third kappa shape index (κ3) is 5.11. The summed E-state index contributed by atoms with van der Waals surface area (Å²) in [7, 11) is 0. The van der Waals surface area contributed by atoms with Gasteiger partial charge in [0.05, 0.1) is 0 Å². The second kappa shape index (κ2) is 7.89. The van der Waals surface area contributed by atoms with Crippen LogP contribution in [0.15, 0.2) is 24.3 Å². The van der Waals surface area contributed by atoms with E-state index >= 15 is 0 Å². The summed E-state index contributed by atoms with van der Waals surface area (Å²) in [5, 5.41) is 2.71. The molecule has 1 aromatic carbocycles. The van der Waals surface area contributed by atoms with Gasteiger partial charge in [-0.25, -0.2) is 0 Å². The maximum absolute atomic E-state index is 11.9. The van der Waals surface area contributed by atoms with Gasteiger partial charge in [-0.3, -0.25) is 20.4 Å². The molecular weight excluding hydrogens is 298 g/mol. The van der Waals surface area contributed by atoms with Crippen molar-refractivity contribution in [2.24, 2.45) is 5.92 Å². The molecule has 0 spiro atoms. The number of carbonyl (C=O) groups is 2. The van der Waals surface area contributed by atoms with Crippen LogP contribution in [0.1, 0.15) is 48.0 Å². The molecule has 0 aromatic heterocycles. The number of hydrogen-bond donors (Lipinski definition) is 3. The number of hydrogen-bond acceptors (Lipinski definition) is 3. The first-order chi connectivity index (χ1) is 10.5. The SMILES string of the molecule is Cc1cccc(C(=O)NNC(=S)NC(=O)CC2CCCC2)c1. The van der Waals surface area contributed by atoms with E-state index in [4.69, 9.17) is 12.2 Å². The van der Waals surface area contributed by atoms with E-state index in [0.29, 0.717) is 17.9 Å². The van der Waals surface area contributed by atoms with Crippen molar-refractivity contribution in [1.82, 2.24) is 16.2 Å². The molecule has 0 heterocycles. The Morgan fingerprint density at radius 2 is 1.95 bits per heavy atom. The van der Waals surface area contributed by atoms with Crippen molar-refractivity contribution >= 4 is 29.1 Å². The molecule has 1 fully saturated rings. The van der Waals surface area contributed by atoms with Crippen molar-refractivity contribution in [2.75, 3.05) is 0 Å². The van der Waals surface area contributed by atoms with E-state index in [2.05, 4.69) is 16.2 Å². The number of rotatable bonds is 3. The first-order valence-electron chi connectivity index (χ1n) is 7.51. The molecule has 3 N–H and O–H groups in total. The van der Waals surface area contributed by atoms with Gasteiger partial charge >= 0.3 is 0 Å². The van der Waals surface area contributed by atoms with Crippen LogP contribution in [0.3, 0.4) is 0 Å². The Morgan fingerprint density at radius 3 is 2.64 bits per heavy atom. The quantitative estimate of drug-likeness (QED) is 0.590. The number of hydrazine groups is 1. The highest BCUT2D eigenvalue weighted by molar-refractivity contribution is 7.80. The van der Waals surface area contributed by atoms with Gasteiger partial charge in [-0.1, -0.05) is 30.5 Å². The third-order valence-electron chi connectivity index (χ3n) is 3.77. The molecule has 1 aliphatic carbocycles. The summed E-state index contributed by atoms with van der Waals surface area (Å²) < 4.78 is 0. The highest BCUT2D eigenvalue weighted by atomic mass is 32.1. The van der Waals surface area contributed by atoms with Gasteiger partial charge < -0.3 is 5.32 Å². The molecule has 118 valence electrons. The zero-order chi connectivity index (χ0) is 15.9. The summed E-state index contributed by atoms with van der Waals surface area (Å²) in [5.74, 6) is 0.0648. The van der Waals surface area contributed by atoms with E-state index in [1.165, 1.54) is 12.8 Å². The number of carbonyl (C=O) groups excluding carboxylic acids is 2. The van der Waals surface area contributed by atoms with Crippen molar-refractivity contribution in [3.05, 3.63) is 35.4 Å². The molecule has 22 heavy (non-hydrogen) atoms. The first-order valence-corrected chi connectivity index (χ1v) is 7.92. The summed E-state index contributed by atoms with van der Waals surface area (Å²) in [6.07, 6.45) is 5.11. The van der Waals surface area contributed by atoms with Gasteiger partial charge in [-0.05, 0) is 50.0 Å². The molecule has 0 bridgehead atoms. The fourth-order valence-corrected chi connectivity index (χ4v) is 2.82. The van der Waals surface area contributed by atoms with Crippen LogP contribution >= 0.6 is 12.2 Å². The zero-order valence-electron chi connectivity index (χ0n) is 12.6. The first kappa shape index (κ1) is 16.4. The van der Waals surface area contributed by atoms with Gasteiger partial charge in [-0.15, -0.1) is 0 Å². The Kier molecular flexibility index (Phi) is 5.89. The van der Waals surface area contributed by atoms with Gasteiger partial charge in [0, 0.05) is 12.0 Å². The van der Waals surface area contributed by atoms with Crippen LogP contribution < -0.4 is 16.2 Å². The molecule has 6 heteroatoms. The molecule has 1 aromatic rings. The summed E-state index contributed by atoms with van der Waals surface area (Å²) in [4.78, 5) is 23.7. The van der Waals surface area contributed by atoms with Crippen molar-refractivity contribution in [3.8, 4) is 0 Å². The van der Waals surface area contributed by atoms with Crippen LogP contribution in [0.25, 0.3) is 0 Å². The van der Waals surface area contributed by atoms with E-state index < -0.39 is 0 Å². The normalized spacial score (nSPS) is 14.4. The van der Waals surface area contributed by atoms with Gasteiger partial charge in [-0.2, -0.15) is 0 Å². The Hall–Kier alpha value is -1.95. The second-order valence-electron chi connectivity index (χ2n) is 5.68. The predicted octanol–water partition coefficient (Wildman–Crippen LogP) is 2.21. The Morgan fingerprint density at radius 1 is 1.23 bits per heavy atom. The summed E-state index contributed by atoms with van der Waals surface area (Å²) in [6.45, 7) is 1.91. The number of amides is 2. The highest BCUT2D eigenvalue weighted by Gasteiger charge is 2.18. The molecule has 0 radical (unpaired) electrons. The topological polar surface area (TPSA) is 70.2 Å². The minimum Gasteiger partial charge on any atom is -0.302 e. The molecule has 5 nitrogen and oxygen atoms in total. The Labute approximate surface area is 135 Å². The second-order valence-corrected chi connectivity index (χ2v) is 6.09. The van der Waals surface area contributed by atoms with Crippen molar-refractivity contribution in [2.45, 2.75) is 39.0 Å². The molecule has 0 atom stereocenters. The molecule has 2 rings (SSSR count). The maximum atomic E-state index is 11.9. The average Bonchev–Trinajstić information content (AvgIpc) is 2.97. The van der Waals surface area contributed by atoms with Crippen molar-refractivity contribution in [3.63, 3.8) is 0 Å². The lowest BCUT2D eigenvalue weighted by Gasteiger charge is -2.12. The van der Waals surface area contributed by atoms with E-state index in [-0.39, 0.29) is 16.9 Å². The van der Waals surface area contributed by atoms with Gasteiger partial charge in [0.2, 0.25) is 5.91 Å². The van der Waals surface area contributed by atoms with Crippen LogP contribution in [0, 0.1) is 12.8 Å². The largest absolute Gasteiger partial charge is 0.302 e. The maximum Gasteiger partial charge on any atom is 0.269 e. The molecular formula is C16H21N3O2S. The third-order valence-corrected chi connectivity index (χ3v) is 3.98. The molecule has 0 saturated heterocycles. The number of thiocarbonyl (C=S) groups is 1. The molecule has 2 amide bonds. The van der Waals surface area contributed by atoms with Crippen LogP contribution in [-0.4, -0.2) is 16.9 Å². The van der Waals surface area contributed by atoms with Crippen LogP contribution in [0.2, 0.25) is 0 Å². The van der Waals surface area contributed by atoms with Crippen molar-refractivity contribution < 1.29 is 9.59 Å². The van der Waals surface area contributed by atoms with Gasteiger partial charge in [0.15, 0.2) is 5.11 Å². The Bertz CT molecular complexity index is 568. The fourth-order valence-electron chi connectivity index (χ4n) is 2.66. The lowest BCUT2D eigenvalue weighted by atomic mass is 10.0. The van der Waals surface area contributed by atoms with Gasteiger partial charge in [0.25, 0.3) is 5.91 Å². The fraction of sp³-hybridized carbons (Fsp3) is 0.438. The minimum absolute atomic E-state index is 0.103. The highest BCUT2D eigenvalue weighted by Crippen LogP contribution is 2.27. The number of aryl methyl sites for hydroxylation is 1. The predicted molar refractivity (Wildman–Crippen MR) is 89.1 cm³/mol. The zero-order valence-corrected chi connectivity index (χ0v) is 13.5. The van der Waals surface area contributed by atoms with E-state index in [0.717, 1.165) is 18.4 Å². The number of benzene rings is 1. The van der Waals surface area contributed by atoms with E-state index in [1.54, 1.807) is 12.1 Å². The monoisotopic (exact) mass is 319 g/mol. The summed E-state index contributed by atoms with van der Waals surface area (Å²) >= 11 is 5.01. The smallest absolute Gasteiger partial charge is 0.269 e. The minimum atomic E-state index is -0.295. The Balaban J connectivity index is 1.72. The van der Waals surface area contributed by atoms with Crippen molar-refractivity contribution in [1.29, 1.82) is 0 Å². The van der Waals surface area contributed by atoms with E-state index in [1.807, 2.05) is 19.1 Å². The van der Waals surface area contributed by atoms with Crippen LogP contribution in [-0.2, 0) is 4.79 Å². The lowest BCUT2D eigenvalue weighted by molar-refractivity contribution is -0.120. The van der Waals surface area contributed by atoms with Crippen LogP contribution in [0.5, 0.6) is 0 Å². The summed E-state index contributed by atoms with van der Waals surface area (Å²) in [5.41, 5.74) is 6.57.